The summed E-state index contributed by atoms with van der Waals surface area (Å²) >= 11 is 3.39. The van der Waals surface area contributed by atoms with Gasteiger partial charge in [0.2, 0.25) is 0 Å². The van der Waals surface area contributed by atoms with Gasteiger partial charge in [-0.1, -0.05) is 30.3 Å². The van der Waals surface area contributed by atoms with Gasteiger partial charge in [-0.25, -0.2) is 4.98 Å². The van der Waals surface area contributed by atoms with E-state index < -0.39 is 11.9 Å². The first kappa shape index (κ1) is 12.9. The van der Waals surface area contributed by atoms with Crippen molar-refractivity contribution in [2.75, 3.05) is 0 Å². The lowest BCUT2D eigenvalue weighted by atomic mass is 9.96. The van der Waals surface area contributed by atoms with Gasteiger partial charge in [-0.05, 0) is 33.6 Å². The number of hydrogen-bond acceptors (Lipinski definition) is 2. The number of carboxylic acids is 1. The zero-order valence-electron chi connectivity index (χ0n) is 10.4. The molecule has 20 heavy (non-hydrogen) atoms. The Balaban J connectivity index is 2.13. The number of rotatable bonds is 3. The molecule has 0 spiro atoms. The molecule has 0 radical (unpaired) electrons. The normalized spacial score (nSPS) is 12.4. The molecule has 1 atom stereocenters. The van der Waals surface area contributed by atoms with Crippen molar-refractivity contribution in [3.8, 4) is 0 Å². The van der Waals surface area contributed by atoms with Crippen molar-refractivity contribution < 1.29 is 9.90 Å². The third kappa shape index (κ3) is 2.32. The standard InChI is InChI=1S/C15H11BrN2O2/c16-11-6-7-13-17-12(9-18(13)8-11)14(15(19)20)10-4-2-1-3-5-10/h1-9,14H,(H,19,20)/t14-/m0/s1. The highest BCUT2D eigenvalue weighted by Crippen LogP contribution is 2.25. The predicted octanol–water partition coefficient (Wildman–Crippen LogP) is 3.31. The lowest BCUT2D eigenvalue weighted by Gasteiger charge is -2.09. The molecule has 4 nitrogen and oxygen atoms in total. The van der Waals surface area contributed by atoms with Gasteiger partial charge in [0.25, 0.3) is 0 Å². The fourth-order valence-electron chi connectivity index (χ4n) is 2.21. The van der Waals surface area contributed by atoms with E-state index in [4.69, 9.17) is 0 Å². The largest absolute Gasteiger partial charge is 0.480 e. The Bertz CT molecular complexity index is 768. The minimum Gasteiger partial charge on any atom is -0.480 e. The second-order valence-corrected chi connectivity index (χ2v) is 5.38. The van der Waals surface area contributed by atoms with Gasteiger partial charge in [0.1, 0.15) is 11.6 Å². The maximum absolute atomic E-state index is 11.6. The first-order chi connectivity index (χ1) is 9.65. The number of benzene rings is 1. The summed E-state index contributed by atoms with van der Waals surface area (Å²) in [4.78, 5) is 16.0. The molecule has 2 aromatic heterocycles. The van der Waals surface area contributed by atoms with Gasteiger partial charge in [-0.15, -0.1) is 0 Å². The molecule has 0 aliphatic heterocycles. The van der Waals surface area contributed by atoms with Gasteiger partial charge < -0.3 is 9.51 Å². The summed E-state index contributed by atoms with van der Waals surface area (Å²) in [6, 6.07) is 12.9. The van der Waals surface area contributed by atoms with Crippen molar-refractivity contribution in [1.82, 2.24) is 9.38 Å². The lowest BCUT2D eigenvalue weighted by molar-refractivity contribution is -0.137. The molecule has 1 aromatic carbocycles. The molecule has 5 heteroatoms. The smallest absolute Gasteiger partial charge is 0.317 e. The van der Waals surface area contributed by atoms with Crippen LogP contribution in [0.2, 0.25) is 0 Å². The molecule has 0 saturated carbocycles. The van der Waals surface area contributed by atoms with E-state index in [2.05, 4.69) is 20.9 Å². The van der Waals surface area contributed by atoms with Crippen molar-refractivity contribution in [3.05, 3.63) is 70.6 Å². The third-order valence-corrected chi connectivity index (χ3v) is 3.58. The van der Waals surface area contributed by atoms with E-state index in [-0.39, 0.29) is 0 Å². The molecule has 0 saturated heterocycles. The Morgan fingerprint density at radius 3 is 2.60 bits per heavy atom. The van der Waals surface area contributed by atoms with E-state index in [0.717, 1.165) is 15.7 Å². The second kappa shape index (κ2) is 5.09. The first-order valence-electron chi connectivity index (χ1n) is 6.07. The van der Waals surface area contributed by atoms with Crippen LogP contribution in [0.5, 0.6) is 0 Å². The minimum atomic E-state index is -0.904. The number of aromatic nitrogens is 2. The van der Waals surface area contributed by atoms with Crippen LogP contribution in [0.4, 0.5) is 0 Å². The van der Waals surface area contributed by atoms with E-state index in [1.54, 1.807) is 18.3 Å². The number of carbonyl (C=O) groups is 1. The van der Waals surface area contributed by atoms with Crippen LogP contribution in [0.25, 0.3) is 5.65 Å². The van der Waals surface area contributed by atoms with Gasteiger partial charge in [-0.2, -0.15) is 0 Å². The van der Waals surface area contributed by atoms with Crippen LogP contribution in [0.3, 0.4) is 0 Å². The van der Waals surface area contributed by atoms with E-state index in [0.29, 0.717) is 5.69 Å². The molecule has 2 heterocycles. The Morgan fingerprint density at radius 1 is 1.15 bits per heavy atom. The molecule has 0 bridgehead atoms. The Kier molecular flexibility index (Phi) is 3.28. The van der Waals surface area contributed by atoms with Crippen LogP contribution in [0.1, 0.15) is 17.2 Å². The molecule has 0 fully saturated rings. The Hall–Kier alpha value is -2.14. The van der Waals surface area contributed by atoms with Crippen LogP contribution < -0.4 is 0 Å². The highest BCUT2D eigenvalue weighted by Gasteiger charge is 2.24. The number of fused-ring (bicyclic) bond motifs is 1. The zero-order valence-corrected chi connectivity index (χ0v) is 12.0. The van der Waals surface area contributed by atoms with Crippen LogP contribution in [0, 0.1) is 0 Å². The van der Waals surface area contributed by atoms with Gasteiger partial charge >= 0.3 is 5.97 Å². The van der Waals surface area contributed by atoms with E-state index in [1.807, 2.05) is 40.9 Å². The van der Waals surface area contributed by atoms with Crippen molar-refractivity contribution in [2.24, 2.45) is 0 Å². The van der Waals surface area contributed by atoms with Crippen LogP contribution in [0.15, 0.2) is 59.3 Å². The highest BCUT2D eigenvalue weighted by atomic mass is 79.9. The van der Waals surface area contributed by atoms with E-state index in [9.17, 15) is 9.90 Å². The number of aliphatic carboxylic acids is 1. The first-order valence-corrected chi connectivity index (χ1v) is 6.86. The van der Waals surface area contributed by atoms with E-state index >= 15 is 0 Å². The highest BCUT2D eigenvalue weighted by molar-refractivity contribution is 9.10. The van der Waals surface area contributed by atoms with Gasteiger partial charge in [0, 0.05) is 16.9 Å². The zero-order chi connectivity index (χ0) is 14.1. The molecular weight excluding hydrogens is 320 g/mol. The number of nitrogens with zero attached hydrogens (tertiary/aromatic N) is 2. The average molecular weight is 331 g/mol. The molecule has 0 unspecified atom stereocenters. The van der Waals surface area contributed by atoms with Crippen molar-refractivity contribution >= 4 is 27.5 Å². The molecule has 0 aliphatic rings. The summed E-state index contributed by atoms with van der Waals surface area (Å²) in [5.74, 6) is -1.66. The fourth-order valence-corrected chi connectivity index (χ4v) is 2.56. The van der Waals surface area contributed by atoms with Crippen LogP contribution in [-0.4, -0.2) is 20.5 Å². The third-order valence-electron chi connectivity index (χ3n) is 3.11. The number of imidazole rings is 1. The molecule has 3 aromatic rings. The second-order valence-electron chi connectivity index (χ2n) is 4.46. The number of carboxylic acid groups (broad SMARTS) is 1. The van der Waals surface area contributed by atoms with Crippen LogP contribution in [-0.2, 0) is 4.79 Å². The Labute approximate surface area is 123 Å². The molecule has 0 amide bonds. The topological polar surface area (TPSA) is 54.6 Å². The summed E-state index contributed by atoms with van der Waals surface area (Å²) in [6.45, 7) is 0. The lowest BCUT2D eigenvalue weighted by Crippen LogP contribution is -2.13. The molecule has 100 valence electrons. The molecular formula is C15H11BrN2O2. The fraction of sp³-hybridized carbons (Fsp3) is 0.0667. The van der Waals surface area contributed by atoms with Crippen molar-refractivity contribution in [1.29, 1.82) is 0 Å². The maximum atomic E-state index is 11.6. The summed E-state index contributed by atoms with van der Waals surface area (Å²) in [5, 5.41) is 9.50. The SMILES string of the molecule is O=C(O)[C@@H](c1ccccc1)c1cn2cc(Br)ccc2n1. The predicted molar refractivity (Wildman–Crippen MR) is 78.8 cm³/mol. The quantitative estimate of drug-likeness (QED) is 0.801. The van der Waals surface area contributed by atoms with Gasteiger partial charge in [0.05, 0.1) is 5.69 Å². The minimum absolute atomic E-state index is 0.529. The van der Waals surface area contributed by atoms with E-state index in [1.165, 1.54) is 0 Å². The Morgan fingerprint density at radius 2 is 1.90 bits per heavy atom. The molecule has 1 N–H and O–H groups in total. The summed E-state index contributed by atoms with van der Waals surface area (Å²) in [6.07, 6.45) is 3.61. The summed E-state index contributed by atoms with van der Waals surface area (Å²) < 4.78 is 2.73. The van der Waals surface area contributed by atoms with Gasteiger partial charge in [0.15, 0.2) is 0 Å². The summed E-state index contributed by atoms with van der Waals surface area (Å²) in [5.41, 5.74) is 1.98. The van der Waals surface area contributed by atoms with Gasteiger partial charge in [-0.3, -0.25) is 4.79 Å². The van der Waals surface area contributed by atoms with Crippen molar-refractivity contribution in [2.45, 2.75) is 5.92 Å². The van der Waals surface area contributed by atoms with Crippen LogP contribution >= 0.6 is 15.9 Å². The number of hydrogen-bond donors (Lipinski definition) is 1. The molecule has 0 aliphatic carbocycles. The average Bonchev–Trinajstić information content (AvgIpc) is 2.82. The molecule has 3 rings (SSSR count). The number of halogens is 1. The monoisotopic (exact) mass is 330 g/mol. The van der Waals surface area contributed by atoms with Crippen molar-refractivity contribution in [3.63, 3.8) is 0 Å². The maximum Gasteiger partial charge on any atom is 0.317 e. The summed E-state index contributed by atoms with van der Waals surface area (Å²) in [7, 11) is 0. The number of pyridine rings is 1.